The number of H-pyrrole nitrogens is 1. The van der Waals surface area contributed by atoms with Crippen molar-refractivity contribution in [1.29, 1.82) is 0 Å². The third kappa shape index (κ3) is 6.22. The van der Waals surface area contributed by atoms with Crippen molar-refractivity contribution in [2.24, 2.45) is 4.99 Å². The predicted octanol–water partition coefficient (Wildman–Crippen LogP) is 3.95. The van der Waals surface area contributed by atoms with Gasteiger partial charge in [-0.2, -0.15) is 36.4 Å². The van der Waals surface area contributed by atoms with E-state index in [-0.39, 0.29) is 23.4 Å². The van der Waals surface area contributed by atoms with Crippen LogP contribution in [0.2, 0.25) is 0 Å². The molecule has 3 rings (SSSR count). The van der Waals surface area contributed by atoms with Crippen molar-refractivity contribution in [3.63, 3.8) is 0 Å². The van der Waals surface area contributed by atoms with Crippen LogP contribution < -0.4 is 10.6 Å². The third-order valence-corrected chi connectivity index (χ3v) is 4.83. The number of benzene rings is 1. The zero-order chi connectivity index (χ0) is 23.5. The number of carbonyl (C=O) groups excluding carboxylic acids is 1. The van der Waals surface area contributed by atoms with Crippen LogP contribution in [0.15, 0.2) is 35.3 Å². The number of aromatic amines is 1. The molecule has 1 heterocycles. The van der Waals surface area contributed by atoms with Crippen molar-refractivity contribution in [3.8, 4) is 0 Å². The Labute approximate surface area is 177 Å². The highest BCUT2D eigenvalue weighted by atomic mass is 19.4. The molecule has 32 heavy (non-hydrogen) atoms. The minimum Gasteiger partial charge on any atom is -0.393 e. The lowest BCUT2D eigenvalue weighted by molar-refractivity contribution is -0.141. The van der Waals surface area contributed by atoms with Crippen molar-refractivity contribution >= 4 is 17.7 Å². The molecule has 1 aliphatic carbocycles. The van der Waals surface area contributed by atoms with Gasteiger partial charge in [-0.25, -0.2) is 0 Å². The van der Waals surface area contributed by atoms with E-state index in [0.29, 0.717) is 31.7 Å². The maximum absolute atomic E-state index is 12.8. The Balaban J connectivity index is 1.81. The van der Waals surface area contributed by atoms with Crippen LogP contribution >= 0.6 is 0 Å². The number of halogens is 6. The topological polar surface area (TPSA) is 102 Å². The number of aromatic nitrogens is 2. The number of hydrogen-bond donors (Lipinski definition) is 4. The van der Waals surface area contributed by atoms with Crippen molar-refractivity contribution in [2.45, 2.75) is 50.2 Å². The molecule has 4 N–H and O–H groups in total. The van der Waals surface area contributed by atoms with E-state index in [4.69, 9.17) is 0 Å². The smallest absolute Gasteiger partial charge is 0.393 e. The summed E-state index contributed by atoms with van der Waals surface area (Å²) < 4.78 is 76.5. The number of anilines is 1. The van der Waals surface area contributed by atoms with Gasteiger partial charge in [0.2, 0.25) is 5.96 Å². The summed E-state index contributed by atoms with van der Waals surface area (Å²) in [7, 11) is 0. The lowest BCUT2D eigenvalue weighted by Crippen LogP contribution is -2.42. The Hall–Kier alpha value is -3.09. The molecule has 0 unspecified atom stereocenters. The van der Waals surface area contributed by atoms with E-state index < -0.39 is 35.6 Å². The number of nitrogens with one attached hydrogen (secondary N) is 3. The number of aliphatic hydroxyl groups is 1. The second-order valence-electron chi connectivity index (χ2n) is 7.28. The fourth-order valence-corrected chi connectivity index (χ4v) is 3.14. The van der Waals surface area contributed by atoms with Gasteiger partial charge in [0.05, 0.1) is 11.7 Å². The highest BCUT2D eigenvalue weighted by Crippen LogP contribution is 2.30. The first-order chi connectivity index (χ1) is 14.9. The molecule has 174 valence electrons. The highest BCUT2D eigenvalue weighted by Gasteiger charge is 2.34. The molecule has 0 aliphatic heterocycles. The van der Waals surface area contributed by atoms with E-state index in [9.17, 15) is 36.2 Å². The maximum Gasteiger partial charge on any atom is 0.435 e. The summed E-state index contributed by atoms with van der Waals surface area (Å²) in [4.78, 5) is 16.3. The summed E-state index contributed by atoms with van der Waals surface area (Å²) in [5.74, 6) is -1.30. The number of alkyl halides is 6. The van der Waals surface area contributed by atoms with Crippen LogP contribution in [-0.4, -0.2) is 39.3 Å². The van der Waals surface area contributed by atoms with Crippen molar-refractivity contribution in [3.05, 3.63) is 47.2 Å². The largest absolute Gasteiger partial charge is 0.435 e. The van der Waals surface area contributed by atoms with Crippen molar-refractivity contribution in [1.82, 2.24) is 15.5 Å². The van der Waals surface area contributed by atoms with Crippen LogP contribution in [0.4, 0.5) is 32.2 Å². The monoisotopic (exact) mass is 463 g/mol. The molecule has 1 fully saturated rings. The zero-order valence-electron chi connectivity index (χ0n) is 16.4. The molecular weight excluding hydrogens is 444 g/mol. The van der Waals surface area contributed by atoms with Gasteiger partial charge >= 0.3 is 12.4 Å². The number of nitrogens with zero attached hydrogens (tertiary/aromatic N) is 2. The number of rotatable bonds is 3. The number of aliphatic hydroxyl groups excluding tert-OH is 1. The number of aliphatic imine (C=N–C) groups is 1. The number of guanidine groups is 1. The summed E-state index contributed by atoms with van der Waals surface area (Å²) >= 11 is 0. The molecule has 7 nitrogen and oxygen atoms in total. The summed E-state index contributed by atoms with van der Waals surface area (Å²) in [6.07, 6.45) is -7.70. The van der Waals surface area contributed by atoms with Crippen LogP contribution in [0, 0.1) is 0 Å². The number of hydrogen-bond acceptors (Lipinski definition) is 3. The van der Waals surface area contributed by atoms with E-state index in [1.165, 1.54) is 0 Å². The Morgan fingerprint density at radius 2 is 1.66 bits per heavy atom. The van der Waals surface area contributed by atoms with Gasteiger partial charge in [0.25, 0.3) is 5.91 Å². The molecule has 1 saturated carbocycles. The van der Waals surface area contributed by atoms with Crippen LogP contribution in [0.25, 0.3) is 0 Å². The second-order valence-corrected chi connectivity index (χ2v) is 7.28. The number of carbonyl (C=O) groups is 1. The lowest BCUT2D eigenvalue weighted by atomic mass is 9.93. The van der Waals surface area contributed by atoms with Gasteiger partial charge in [0, 0.05) is 17.7 Å². The fraction of sp³-hybridized carbons (Fsp3) is 0.421. The molecule has 1 aromatic carbocycles. The van der Waals surface area contributed by atoms with Crippen LogP contribution in [0.1, 0.15) is 47.3 Å². The van der Waals surface area contributed by atoms with Crippen LogP contribution in [0.3, 0.4) is 0 Å². The Bertz CT molecular complexity index is 960. The summed E-state index contributed by atoms with van der Waals surface area (Å²) in [5.41, 5.74) is -2.26. The predicted molar refractivity (Wildman–Crippen MR) is 102 cm³/mol. The van der Waals surface area contributed by atoms with Gasteiger partial charge in [-0.3, -0.25) is 9.89 Å². The molecule has 0 spiro atoms. The first kappa shape index (κ1) is 23.6. The van der Waals surface area contributed by atoms with E-state index in [2.05, 4.69) is 25.8 Å². The average molecular weight is 463 g/mol. The Morgan fingerprint density at radius 1 is 1.03 bits per heavy atom. The molecule has 0 atom stereocenters. The summed E-state index contributed by atoms with van der Waals surface area (Å²) in [6.45, 7) is 0. The third-order valence-electron chi connectivity index (χ3n) is 4.83. The van der Waals surface area contributed by atoms with Gasteiger partial charge in [-0.15, -0.1) is 0 Å². The Kier molecular flexibility index (Phi) is 6.77. The molecule has 0 saturated heterocycles. The summed E-state index contributed by atoms with van der Waals surface area (Å²) in [6, 6.07) is 3.84. The van der Waals surface area contributed by atoms with Gasteiger partial charge in [0.15, 0.2) is 5.69 Å². The zero-order valence-corrected chi connectivity index (χ0v) is 16.4. The molecule has 13 heteroatoms. The van der Waals surface area contributed by atoms with Crippen molar-refractivity contribution in [2.75, 3.05) is 5.32 Å². The lowest BCUT2D eigenvalue weighted by Gasteiger charge is -2.27. The molecule has 1 aromatic heterocycles. The number of amides is 1. The molecular formula is C19H19F6N5O2. The van der Waals surface area contributed by atoms with E-state index in [1.54, 1.807) is 0 Å². The molecule has 0 bridgehead atoms. The maximum atomic E-state index is 12.8. The minimum atomic E-state index is -4.68. The molecule has 0 radical (unpaired) electrons. The SMILES string of the molecule is O=C(/N=C(/Nc1cc(C(F)(F)F)n[nH]1)NC1CCC(O)CC1)c1ccc(C(F)(F)F)cc1. The molecule has 1 aliphatic rings. The normalized spacial score (nSPS) is 20.2. The quantitative estimate of drug-likeness (QED) is 0.314. The second kappa shape index (κ2) is 9.18. The highest BCUT2D eigenvalue weighted by molar-refractivity contribution is 6.06. The van der Waals surface area contributed by atoms with Crippen molar-refractivity contribution < 1.29 is 36.2 Å². The van der Waals surface area contributed by atoms with E-state index in [1.807, 2.05) is 0 Å². The minimum absolute atomic E-state index is 0.140. The van der Waals surface area contributed by atoms with E-state index >= 15 is 0 Å². The first-order valence-electron chi connectivity index (χ1n) is 9.56. The van der Waals surface area contributed by atoms with Crippen LogP contribution in [0.5, 0.6) is 0 Å². The summed E-state index contributed by atoms with van der Waals surface area (Å²) in [5, 5.41) is 20.3. The molecule has 1 amide bonds. The van der Waals surface area contributed by atoms with Gasteiger partial charge < -0.3 is 15.7 Å². The fourth-order valence-electron chi connectivity index (χ4n) is 3.14. The van der Waals surface area contributed by atoms with E-state index in [0.717, 1.165) is 24.3 Å². The average Bonchev–Trinajstić information content (AvgIpc) is 3.18. The van der Waals surface area contributed by atoms with Gasteiger partial charge in [-0.1, -0.05) is 0 Å². The Morgan fingerprint density at radius 3 is 2.19 bits per heavy atom. The standard InChI is InChI=1S/C19H19F6N5O2/c20-18(21,22)11-3-1-10(2-4-11)16(32)28-17(26-12-5-7-13(31)8-6-12)27-15-9-14(29-30-15)19(23,24)25/h1-4,9,12-13,31H,5-8H2,(H3,26,27,28,29,30,32). The van der Waals surface area contributed by atoms with Gasteiger partial charge in [0.1, 0.15) is 5.82 Å². The van der Waals surface area contributed by atoms with Crippen LogP contribution in [-0.2, 0) is 12.4 Å². The first-order valence-corrected chi connectivity index (χ1v) is 9.56. The van der Waals surface area contributed by atoms with Gasteiger partial charge in [-0.05, 0) is 49.9 Å². The molecule has 2 aromatic rings.